The lowest BCUT2D eigenvalue weighted by atomic mass is 10.1. The zero-order chi connectivity index (χ0) is 38.9. The van der Waals surface area contributed by atoms with Crippen molar-refractivity contribution in [2.24, 2.45) is 0 Å². The molecule has 0 aliphatic heterocycles. The van der Waals surface area contributed by atoms with E-state index >= 15 is 0 Å². The van der Waals surface area contributed by atoms with Gasteiger partial charge in [-0.2, -0.15) is 0 Å². The van der Waals surface area contributed by atoms with E-state index in [1.807, 2.05) is 44.4 Å². The summed E-state index contributed by atoms with van der Waals surface area (Å²) in [4.78, 5) is 27.2. The molecule has 0 aromatic heterocycles. The third-order valence-electron chi connectivity index (χ3n) is 8.32. The maximum atomic E-state index is 13.2. The van der Waals surface area contributed by atoms with E-state index in [0.717, 1.165) is 30.6 Å². The van der Waals surface area contributed by atoms with Gasteiger partial charge in [-0.05, 0) is 105 Å². The van der Waals surface area contributed by atoms with Crippen LogP contribution >= 0.6 is 11.8 Å². The Morgan fingerprint density at radius 1 is 0.698 bits per heavy atom. The second-order valence-electron chi connectivity index (χ2n) is 12.4. The van der Waals surface area contributed by atoms with Crippen molar-refractivity contribution in [3.63, 3.8) is 0 Å². The van der Waals surface area contributed by atoms with Crippen LogP contribution in [-0.4, -0.2) is 78.8 Å². The highest BCUT2D eigenvalue weighted by molar-refractivity contribution is 7.98. The summed E-state index contributed by atoms with van der Waals surface area (Å²) in [5.74, 6) is -0.197. The lowest BCUT2D eigenvalue weighted by Crippen LogP contribution is -2.36. The average molecular weight is 792 g/mol. The fourth-order valence-electron chi connectivity index (χ4n) is 5.27. The van der Waals surface area contributed by atoms with Crippen LogP contribution in [0.2, 0.25) is 0 Å². The van der Waals surface area contributed by atoms with E-state index in [4.69, 9.17) is 14.2 Å². The third kappa shape index (κ3) is 15.1. The van der Waals surface area contributed by atoms with Gasteiger partial charge < -0.3 is 19.1 Å². The fourth-order valence-corrected chi connectivity index (χ4v) is 7.79. The summed E-state index contributed by atoms with van der Waals surface area (Å²) in [6.45, 7) is 5.90. The molecule has 2 N–H and O–H groups in total. The highest BCUT2D eigenvalue weighted by atomic mass is 32.2. The summed E-state index contributed by atoms with van der Waals surface area (Å²) in [7, 11) is -6.39. The highest BCUT2D eigenvalue weighted by Gasteiger charge is 2.22. The molecule has 3 aromatic carbocycles. The summed E-state index contributed by atoms with van der Waals surface area (Å²) in [5.41, 5.74) is 1.33. The molecule has 0 radical (unpaired) electrons. The van der Waals surface area contributed by atoms with E-state index in [-0.39, 0.29) is 30.4 Å². The number of thioether (sulfide) groups is 1. The highest BCUT2D eigenvalue weighted by Crippen LogP contribution is 2.24. The van der Waals surface area contributed by atoms with Crippen LogP contribution in [-0.2, 0) is 34.4 Å². The van der Waals surface area contributed by atoms with Crippen molar-refractivity contribution in [2.75, 3.05) is 52.3 Å². The molecule has 3 rings (SSSR count). The zero-order valence-electron chi connectivity index (χ0n) is 31.2. The number of methoxy groups -OCH3 is 1. The normalized spacial score (nSPS) is 12.7. The Labute approximate surface area is 319 Å². The van der Waals surface area contributed by atoms with Crippen LogP contribution < -0.4 is 23.8 Å². The van der Waals surface area contributed by atoms with Crippen molar-refractivity contribution in [3.8, 4) is 11.5 Å². The number of carbonyl (C=O) groups excluding carboxylic acids is 2. The molecular formula is C38H53N3O9S3. The SMILES string of the molecule is CCCCC(Oc1ccc(NS(=O)(=O)CCN(CCS(=O)(=O)Nc2ccc(OC(CCCC)C(=O)OC)cc2)c2ccc(SC)cc2)cc1)C(=O)CC. The Morgan fingerprint density at radius 2 is 1.15 bits per heavy atom. The van der Waals surface area contributed by atoms with Crippen LogP contribution in [0.5, 0.6) is 11.5 Å². The lowest BCUT2D eigenvalue weighted by molar-refractivity contribution is -0.149. The van der Waals surface area contributed by atoms with E-state index in [0.29, 0.717) is 47.8 Å². The zero-order valence-corrected chi connectivity index (χ0v) is 33.7. The molecule has 53 heavy (non-hydrogen) atoms. The summed E-state index contributed by atoms with van der Waals surface area (Å²) < 4.78 is 74.5. The van der Waals surface area contributed by atoms with Crippen molar-refractivity contribution < 1.29 is 40.6 Å². The molecule has 292 valence electrons. The number of sulfonamides is 2. The number of esters is 1. The minimum Gasteiger partial charge on any atom is -0.483 e. The number of hydrogen-bond donors (Lipinski definition) is 2. The minimum absolute atomic E-state index is 0.0185. The Balaban J connectivity index is 1.65. The maximum absolute atomic E-state index is 13.2. The molecule has 12 nitrogen and oxygen atoms in total. The number of ketones is 1. The van der Waals surface area contributed by atoms with Gasteiger partial charge in [0.25, 0.3) is 0 Å². The van der Waals surface area contributed by atoms with Gasteiger partial charge in [0.1, 0.15) is 11.5 Å². The number of ether oxygens (including phenoxy) is 3. The molecule has 0 amide bonds. The Morgan fingerprint density at radius 3 is 1.57 bits per heavy atom. The van der Waals surface area contributed by atoms with E-state index in [2.05, 4.69) is 9.44 Å². The van der Waals surface area contributed by atoms with Gasteiger partial charge in [-0.15, -0.1) is 11.8 Å². The van der Waals surface area contributed by atoms with Crippen molar-refractivity contribution >= 4 is 60.6 Å². The van der Waals surface area contributed by atoms with E-state index in [9.17, 15) is 26.4 Å². The number of carbonyl (C=O) groups is 2. The van der Waals surface area contributed by atoms with Gasteiger partial charge in [0.15, 0.2) is 18.0 Å². The first-order valence-electron chi connectivity index (χ1n) is 17.9. The minimum atomic E-state index is -3.85. The van der Waals surface area contributed by atoms with E-state index in [1.54, 1.807) is 72.1 Å². The average Bonchev–Trinajstić information content (AvgIpc) is 3.15. The molecule has 0 fully saturated rings. The molecule has 0 aliphatic rings. The topological polar surface area (TPSA) is 157 Å². The third-order valence-corrected chi connectivity index (χ3v) is 11.6. The Bertz CT molecular complexity index is 1680. The van der Waals surface area contributed by atoms with Gasteiger partial charge in [-0.1, -0.05) is 33.6 Å². The largest absolute Gasteiger partial charge is 0.483 e. The van der Waals surface area contributed by atoms with Crippen LogP contribution in [0, 0.1) is 0 Å². The quantitative estimate of drug-likeness (QED) is 0.0665. The van der Waals surface area contributed by atoms with Gasteiger partial charge in [0.2, 0.25) is 20.0 Å². The smallest absolute Gasteiger partial charge is 0.347 e. The molecule has 0 saturated carbocycles. The number of Topliss-reactive ketones (excluding diaryl/α,β-unsaturated/α-hetero) is 1. The van der Waals surface area contributed by atoms with Gasteiger partial charge >= 0.3 is 5.97 Å². The van der Waals surface area contributed by atoms with Gasteiger partial charge in [-0.25, -0.2) is 21.6 Å². The number of anilines is 3. The first kappa shape index (κ1) is 43.5. The molecule has 2 atom stereocenters. The first-order valence-corrected chi connectivity index (χ1v) is 22.4. The number of unbranched alkanes of at least 4 members (excludes halogenated alkanes) is 2. The van der Waals surface area contributed by atoms with Crippen LogP contribution in [0.25, 0.3) is 0 Å². The molecule has 0 aliphatic carbocycles. The summed E-state index contributed by atoms with van der Waals surface area (Å²) in [5, 5.41) is 0. The molecular weight excluding hydrogens is 739 g/mol. The van der Waals surface area contributed by atoms with Crippen molar-refractivity contribution in [2.45, 2.75) is 82.8 Å². The van der Waals surface area contributed by atoms with Crippen molar-refractivity contribution in [1.82, 2.24) is 0 Å². The molecule has 15 heteroatoms. The van der Waals surface area contributed by atoms with Crippen LogP contribution in [0.3, 0.4) is 0 Å². The Hall–Kier alpha value is -3.95. The predicted octanol–water partition coefficient (Wildman–Crippen LogP) is 7.13. The maximum Gasteiger partial charge on any atom is 0.347 e. The summed E-state index contributed by atoms with van der Waals surface area (Å²) >= 11 is 1.56. The number of hydrogen-bond acceptors (Lipinski definition) is 11. The number of nitrogens with one attached hydrogen (secondary N) is 2. The molecule has 2 unspecified atom stereocenters. The van der Waals surface area contributed by atoms with Crippen LogP contribution in [0.4, 0.5) is 17.1 Å². The van der Waals surface area contributed by atoms with Crippen molar-refractivity contribution in [1.29, 1.82) is 0 Å². The molecule has 0 heterocycles. The number of benzene rings is 3. The molecule has 0 saturated heterocycles. The molecule has 3 aromatic rings. The van der Waals surface area contributed by atoms with Crippen LogP contribution in [0.15, 0.2) is 77.7 Å². The summed E-state index contributed by atoms with van der Waals surface area (Å²) in [6, 6.07) is 20.1. The number of rotatable bonds is 25. The standard InChI is InChI=1S/C38H53N3O9S3/c1-6-9-11-36(35(42)8-3)49-32-19-13-29(14-20-32)39-52(44,45)27-25-41(31-17-23-34(51-5)24-18-31)26-28-53(46,47)40-30-15-21-33(22-16-30)50-37(12-10-7-2)38(43)48-4/h13-24,36-37,39-40H,6-12,25-28H2,1-5H3. The Kier molecular flexibility index (Phi) is 17.8. The second kappa shape index (κ2) is 21.7. The van der Waals surface area contributed by atoms with Crippen molar-refractivity contribution in [3.05, 3.63) is 72.8 Å². The fraction of sp³-hybridized carbons (Fsp3) is 0.474. The summed E-state index contributed by atoms with van der Waals surface area (Å²) in [6.07, 6.45) is 5.61. The lowest BCUT2D eigenvalue weighted by Gasteiger charge is -2.25. The molecule has 0 spiro atoms. The monoisotopic (exact) mass is 791 g/mol. The van der Waals surface area contributed by atoms with Gasteiger partial charge in [-0.3, -0.25) is 14.2 Å². The van der Waals surface area contributed by atoms with E-state index < -0.39 is 38.2 Å². The van der Waals surface area contributed by atoms with E-state index in [1.165, 1.54) is 7.11 Å². The predicted molar refractivity (Wildman–Crippen MR) is 213 cm³/mol. The van der Waals surface area contributed by atoms with Gasteiger partial charge in [0.05, 0.1) is 18.6 Å². The van der Waals surface area contributed by atoms with Crippen LogP contribution in [0.1, 0.15) is 65.7 Å². The first-order chi connectivity index (χ1) is 25.3. The number of nitrogens with zero attached hydrogens (tertiary/aromatic N) is 1. The molecule has 0 bridgehead atoms. The second-order valence-corrected chi connectivity index (χ2v) is 17.0. The van der Waals surface area contributed by atoms with Gasteiger partial charge in [0, 0.05) is 41.5 Å².